The van der Waals surface area contributed by atoms with Gasteiger partial charge in [-0.1, -0.05) is 69.7 Å². The Labute approximate surface area is 251 Å². The molecule has 230 valence electrons. The van der Waals surface area contributed by atoms with Crippen LogP contribution in [0, 0.1) is 17.8 Å². The number of fused-ring (bicyclic) bond motifs is 1. The summed E-state index contributed by atoms with van der Waals surface area (Å²) >= 11 is 0. The van der Waals surface area contributed by atoms with Gasteiger partial charge in [-0.25, -0.2) is 0 Å². The highest BCUT2D eigenvalue weighted by atomic mass is 16.5. The van der Waals surface area contributed by atoms with Crippen molar-refractivity contribution in [2.24, 2.45) is 17.8 Å². The normalized spacial score (nSPS) is 29.4. The molecule has 42 heavy (non-hydrogen) atoms. The first-order valence-electron chi connectivity index (χ1n) is 15.5. The van der Waals surface area contributed by atoms with Gasteiger partial charge in [-0.05, 0) is 44.6 Å². The Morgan fingerprint density at radius 1 is 1.12 bits per heavy atom. The molecule has 0 aliphatic carbocycles. The van der Waals surface area contributed by atoms with Crippen LogP contribution in [-0.2, 0) is 25.7 Å². The van der Waals surface area contributed by atoms with Crippen LogP contribution in [0.25, 0.3) is 0 Å². The van der Waals surface area contributed by atoms with Crippen molar-refractivity contribution in [3.05, 3.63) is 61.2 Å². The van der Waals surface area contributed by atoms with E-state index >= 15 is 0 Å². The van der Waals surface area contributed by atoms with Gasteiger partial charge in [0.2, 0.25) is 17.7 Å². The first-order chi connectivity index (χ1) is 20.0. The Bertz CT molecular complexity index is 1170. The topological polar surface area (TPSA) is 90.4 Å². The first-order valence-corrected chi connectivity index (χ1v) is 15.5. The van der Waals surface area contributed by atoms with E-state index in [4.69, 9.17) is 4.74 Å². The van der Waals surface area contributed by atoms with Gasteiger partial charge < -0.3 is 24.5 Å². The summed E-state index contributed by atoms with van der Waals surface area (Å²) in [5.74, 6) is -2.32. The van der Waals surface area contributed by atoms with Crippen molar-refractivity contribution in [3.63, 3.8) is 0 Å². The van der Waals surface area contributed by atoms with Gasteiger partial charge in [0.05, 0.1) is 30.1 Å². The molecule has 3 aliphatic heterocycles. The van der Waals surface area contributed by atoms with E-state index in [0.717, 1.165) is 18.4 Å². The van der Waals surface area contributed by atoms with Crippen LogP contribution in [0.3, 0.4) is 0 Å². The van der Waals surface area contributed by atoms with Gasteiger partial charge in [0.25, 0.3) is 0 Å². The maximum Gasteiger partial charge on any atom is 0.248 e. The van der Waals surface area contributed by atoms with Crippen LogP contribution >= 0.6 is 0 Å². The summed E-state index contributed by atoms with van der Waals surface area (Å²) in [7, 11) is 0. The number of rotatable bonds is 14. The maximum atomic E-state index is 14.6. The molecule has 3 unspecified atom stereocenters. The van der Waals surface area contributed by atoms with Gasteiger partial charge in [-0.3, -0.25) is 14.4 Å². The fourth-order valence-corrected chi connectivity index (χ4v) is 7.74. The smallest absolute Gasteiger partial charge is 0.248 e. The molecule has 0 aromatic heterocycles. The predicted molar refractivity (Wildman–Crippen MR) is 163 cm³/mol. The number of carbonyl (C=O) groups is 3. The number of ether oxygens (including phenoxy) is 1. The molecule has 3 fully saturated rings. The number of nitrogens with zero attached hydrogens (tertiary/aromatic N) is 3. The molecule has 1 spiro atoms. The summed E-state index contributed by atoms with van der Waals surface area (Å²) in [4.78, 5) is 48.9. The zero-order valence-electron chi connectivity index (χ0n) is 26.0. The molecule has 1 aromatic carbocycles. The van der Waals surface area contributed by atoms with Crippen molar-refractivity contribution >= 4 is 17.7 Å². The van der Waals surface area contributed by atoms with E-state index in [1.165, 1.54) is 0 Å². The van der Waals surface area contributed by atoms with Crippen LogP contribution in [0.5, 0.6) is 0 Å². The van der Waals surface area contributed by atoms with Crippen molar-refractivity contribution in [1.82, 2.24) is 14.7 Å². The van der Waals surface area contributed by atoms with Gasteiger partial charge >= 0.3 is 0 Å². The predicted octanol–water partition coefficient (Wildman–Crippen LogP) is 4.19. The van der Waals surface area contributed by atoms with E-state index in [-0.39, 0.29) is 36.3 Å². The van der Waals surface area contributed by atoms with Crippen LogP contribution in [0.15, 0.2) is 55.6 Å². The van der Waals surface area contributed by atoms with Crippen LogP contribution in [0.4, 0.5) is 0 Å². The third kappa shape index (κ3) is 5.32. The molecule has 4 rings (SSSR count). The molecule has 8 heteroatoms. The monoisotopic (exact) mass is 579 g/mol. The molecule has 0 saturated carbocycles. The van der Waals surface area contributed by atoms with Crippen LogP contribution in [0.2, 0.25) is 0 Å². The number of hydrogen-bond donors (Lipinski definition) is 1. The van der Waals surface area contributed by atoms with Crippen molar-refractivity contribution in [2.45, 2.75) is 96.2 Å². The Hall–Kier alpha value is -2.97. The second kappa shape index (κ2) is 12.7. The fourth-order valence-electron chi connectivity index (χ4n) is 7.74. The third-order valence-corrected chi connectivity index (χ3v) is 9.75. The number of benzene rings is 1. The second-order valence-electron chi connectivity index (χ2n) is 12.9. The van der Waals surface area contributed by atoms with E-state index in [0.29, 0.717) is 32.5 Å². The molecular weight excluding hydrogens is 530 g/mol. The average molecular weight is 580 g/mol. The van der Waals surface area contributed by atoms with Crippen molar-refractivity contribution in [2.75, 3.05) is 19.7 Å². The number of aliphatic hydroxyl groups excluding tert-OH is 1. The number of amides is 3. The third-order valence-electron chi connectivity index (χ3n) is 9.75. The van der Waals surface area contributed by atoms with Crippen molar-refractivity contribution in [1.29, 1.82) is 0 Å². The molecule has 3 aliphatic rings. The minimum absolute atomic E-state index is 0.0693. The Morgan fingerprint density at radius 2 is 1.79 bits per heavy atom. The summed E-state index contributed by atoms with van der Waals surface area (Å²) in [6.45, 7) is 18.4. The lowest BCUT2D eigenvalue weighted by Crippen LogP contribution is -2.60. The highest BCUT2D eigenvalue weighted by Gasteiger charge is 2.79. The van der Waals surface area contributed by atoms with Gasteiger partial charge in [0, 0.05) is 25.7 Å². The second-order valence-corrected chi connectivity index (χ2v) is 12.9. The standard InChI is InChI=1S/C34H49N3O5/c1-8-14-24(6)36(20-10-3)32(41)29-34-18-17-33(7,42-34)27(28(34)31(40)37(29)26(22-38)23(4)5)30(39)35(19-9-2)21-25-15-12-11-13-16-25/h9-13,15-16,23-24,26-29,38H,2-3,8,14,17-22H2,1,4-7H3/t24?,26-,27+,28-,29?,33-,34?/m0/s1. The van der Waals surface area contributed by atoms with Gasteiger partial charge in [-0.2, -0.15) is 0 Å². The van der Waals surface area contributed by atoms with E-state index < -0.39 is 35.1 Å². The summed E-state index contributed by atoms with van der Waals surface area (Å²) in [6.07, 6.45) is 6.18. The molecule has 3 heterocycles. The zero-order valence-corrected chi connectivity index (χ0v) is 26.0. The summed E-state index contributed by atoms with van der Waals surface area (Å²) in [5, 5.41) is 10.5. The first kappa shape index (κ1) is 32.0. The van der Waals surface area contributed by atoms with Crippen LogP contribution < -0.4 is 0 Å². The minimum Gasteiger partial charge on any atom is -0.394 e. The Kier molecular flexibility index (Phi) is 9.68. The molecule has 3 amide bonds. The molecule has 1 N–H and O–H groups in total. The number of hydrogen-bond acceptors (Lipinski definition) is 5. The molecule has 2 bridgehead atoms. The highest BCUT2D eigenvalue weighted by molar-refractivity contribution is 5.99. The molecule has 3 saturated heterocycles. The van der Waals surface area contributed by atoms with E-state index in [2.05, 4.69) is 20.1 Å². The van der Waals surface area contributed by atoms with E-state index in [1.807, 2.05) is 58.0 Å². The number of aliphatic hydroxyl groups is 1. The van der Waals surface area contributed by atoms with Crippen molar-refractivity contribution < 1.29 is 24.2 Å². The van der Waals surface area contributed by atoms with Gasteiger partial charge in [0.15, 0.2) is 0 Å². The van der Waals surface area contributed by atoms with E-state index in [9.17, 15) is 19.5 Å². The quantitative estimate of drug-likeness (QED) is 0.334. The van der Waals surface area contributed by atoms with Gasteiger partial charge in [0.1, 0.15) is 11.6 Å². The lowest BCUT2D eigenvalue weighted by molar-refractivity contribution is -0.158. The summed E-state index contributed by atoms with van der Waals surface area (Å²) in [5.41, 5.74) is -1.05. The Morgan fingerprint density at radius 3 is 2.36 bits per heavy atom. The lowest BCUT2D eigenvalue weighted by Gasteiger charge is -2.42. The SMILES string of the molecule is C=CCN(Cc1ccccc1)C(=O)[C@H]1[C@H]2C(=O)N([C@@H](CO)C(C)C)C(C(=O)N(CC=C)C(C)CCC)C23CC[C@]1(C)O3. The molecule has 7 atom stereocenters. The number of carbonyl (C=O) groups excluding carboxylic acids is 3. The summed E-state index contributed by atoms with van der Waals surface area (Å²) in [6, 6.07) is 8.17. The lowest BCUT2D eigenvalue weighted by atomic mass is 9.66. The fraction of sp³-hybridized carbons (Fsp3) is 0.618. The largest absolute Gasteiger partial charge is 0.394 e. The minimum atomic E-state index is -1.15. The molecular formula is C34H49N3O5. The molecule has 1 aromatic rings. The number of likely N-dealkylation sites (tertiary alicyclic amines) is 1. The van der Waals surface area contributed by atoms with E-state index in [1.54, 1.807) is 26.9 Å². The highest BCUT2D eigenvalue weighted by Crippen LogP contribution is 2.64. The van der Waals surface area contributed by atoms with Crippen LogP contribution in [0.1, 0.15) is 65.9 Å². The molecule has 8 nitrogen and oxygen atoms in total. The van der Waals surface area contributed by atoms with Crippen molar-refractivity contribution in [3.8, 4) is 0 Å². The summed E-state index contributed by atoms with van der Waals surface area (Å²) < 4.78 is 6.87. The van der Waals surface area contributed by atoms with Crippen LogP contribution in [-0.4, -0.2) is 86.6 Å². The zero-order chi connectivity index (χ0) is 30.8. The Balaban J connectivity index is 1.81. The van der Waals surface area contributed by atoms with Gasteiger partial charge in [-0.15, -0.1) is 13.2 Å². The maximum absolute atomic E-state index is 14.6. The average Bonchev–Trinajstić information content (AvgIpc) is 3.52. The molecule has 0 radical (unpaired) electrons.